The minimum Gasteiger partial charge on any atom is -0.457 e. The molecule has 3 aromatic rings. The van der Waals surface area contributed by atoms with Crippen molar-refractivity contribution in [1.82, 2.24) is 5.32 Å². The number of carbonyl (C=O) groups excluding carboxylic acids is 2. The molecule has 0 bridgehead atoms. The first-order valence-electron chi connectivity index (χ1n) is 9.21. The molecule has 2 amide bonds. The topological polar surface area (TPSA) is 111 Å². The van der Waals surface area contributed by atoms with Crippen molar-refractivity contribution in [2.75, 3.05) is 5.32 Å². The summed E-state index contributed by atoms with van der Waals surface area (Å²) in [5.74, 6) is -0.699. The number of carbonyl (C=O) groups is 2. The van der Waals surface area contributed by atoms with E-state index in [1.165, 1.54) is 43.3 Å². The Labute approximate surface area is 176 Å². The van der Waals surface area contributed by atoms with Crippen LogP contribution in [0.1, 0.15) is 17.3 Å². The predicted octanol–water partition coefficient (Wildman–Crippen LogP) is 4.28. The van der Waals surface area contributed by atoms with Crippen molar-refractivity contribution < 1.29 is 23.6 Å². The summed E-state index contributed by atoms with van der Waals surface area (Å²) < 4.78 is 18.8. The highest BCUT2D eigenvalue weighted by Crippen LogP contribution is 2.23. The summed E-state index contributed by atoms with van der Waals surface area (Å²) in [5, 5.41) is 16.0. The van der Waals surface area contributed by atoms with Crippen LogP contribution in [0.4, 0.5) is 15.8 Å². The van der Waals surface area contributed by atoms with E-state index in [0.717, 1.165) is 6.07 Å². The Bertz CT molecular complexity index is 1120. The number of non-ortho nitro benzene ring substituents is 1. The summed E-state index contributed by atoms with van der Waals surface area (Å²) in [6, 6.07) is 16.4. The monoisotopic (exact) mass is 423 g/mol. The Hall–Kier alpha value is -4.27. The largest absolute Gasteiger partial charge is 0.457 e. The Kier molecular flexibility index (Phi) is 6.56. The molecular formula is C22H18FN3O5. The van der Waals surface area contributed by atoms with Crippen LogP contribution in [0.25, 0.3) is 0 Å². The van der Waals surface area contributed by atoms with Gasteiger partial charge in [-0.3, -0.25) is 19.7 Å². The van der Waals surface area contributed by atoms with Crippen molar-refractivity contribution in [3.8, 4) is 11.5 Å². The van der Waals surface area contributed by atoms with Crippen LogP contribution < -0.4 is 15.4 Å². The number of hydrogen-bond donors (Lipinski definition) is 2. The molecule has 1 atom stereocenters. The quantitative estimate of drug-likeness (QED) is 0.435. The minimum atomic E-state index is -0.894. The lowest BCUT2D eigenvalue weighted by molar-refractivity contribution is -0.384. The second-order valence-corrected chi connectivity index (χ2v) is 6.58. The van der Waals surface area contributed by atoms with E-state index in [4.69, 9.17) is 4.74 Å². The highest BCUT2D eigenvalue weighted by molar-refractivity contribution is 6.01. The normalized spacial score (nSPS) is 11.3. The lowest BCUT2D eigenvalue weighted by Gasteiger charge is -2.14. The molecule has 0 fully saturated rings. The first-order valence-corrected chi connectivity index (χ1v) is 9.21. The van der Waals surface area contributed by atoms with E-state index in [9.17, 15) is 24.1 Å². The van der Waals surface area contributed by atoms with Gasteiger partial charge in [0.15, 0.2) is 0 Å². The van der Waals surface area contributed by atoms with Gasteiger partial charge in [-0.1, -0.05) is 12.1 Å². The zero-order valence-corrected chi connectivity index (χ0v) is 16.4. The Morgan fingerprint density at radius 3 is 2.39 bits per heavy atom. The first-order chi connectivity index (χ1) is 14.8. The molecule has 2 N–H and O–H groups in total. The third-order valence-corrected chi connectivity index (χ3v) is 4.21. The van der Waals surface area contributed by atoms with Crippen LogP contribution in [-0.2, 0) is 4.79 Å². The summed E-state index contributed by atoms with van der Waals surface area (Å²) in [5.41, 5.74) is 0.325. The number of hydrogen-bond acceptors (Lipinski definition) is 5. The fourth-order valence-electron chi connectivity index (χ4n) is 2.63. The number of benzene rings is 3. The molecule has 0 spiro atoms. The van der Waals surface area contributed by atoms with Gasteiger partial charge in [0, 0.05) is 29.4 Å². The smallest absolute Gasteiger partial charge is 0.270 e. The molecule has 158 valence electrons. The van der Waals surface area contributed by atoms with Gasteiger partial charge < -0.3 is 15.4 Å². The molecule has 3 rings (SSSR count). The number of anilines is 1. The second-order valence-electron chi connectivity index (χ2n) is 6.58. The molecule has 0 radical (unpaired) electrons. The lowest BCUT2D eigenvalue weighted by Crippen LogP contribution is -2.41. The third-order valence-electron chi connectivity index (χ3n) is 4.21. The Morgan fingerprint density at radius 1 is 1.00 bits per heavy atom. The zero-order valence-electron chi connectivity index (χ0n) is 16.4. The molecule has 31 heavy (non-hydrogen) atoms. The van der Waals surface area contributed by atoms with Crippen LogP contribution in [0.2, 0.25) is 0 Å². The van der Waals surface area contributed by atoms with Gasteiger partial charge in [-0.15, -0.1) is 0 Å². The predicted molar refractivity (Wildman–Crippen MR) is 112 cm³/mol. The summed E-state index contributed by atoms with van der Waals surface area (Å²) in [4.78, 5) is 34.9. The molecule has 0 aliphatic carbocycles. The summed E-state index contributed by atoms with van der Waals surface area (Å²) in [6.07, 6.45) is 0. The number of ether oxygens (including phenoxy) is 1. The Morgan fingerprint density at radius 2 is 1.71 bits per heavy atom. The van der Waals surface area contributed by atoms with Crippen LogP contribution in [0.3, 0.4) is 0 Å². The molecule has 0 saturated heterocycles. The fourth-order valence-corrected chi connectivity index (χ4v) is 2.63. The van der Waals surface area contributed by atoms with E-state index in [1.54, 1.807) is 30.3 Å². The van der Waals surface area contributed by atoms with Gasteiger partial charge in [0.25, 0.3) is 11.6 Å². The lowest BCUT2D eigenvalue weighted by atomic mass is 10.1. The van der Waals surface area contributed by atoms with Crippen LogP contribution in [0.15, 0.2) is 72.8 Å². The van der Waals surface area contributed by atoms with E-state index in [1.807, 2.05) is 0 Å². The molecule has 0 saturated carbocycles. The maximum absolute atomic E-state index is 13.2. The third kappa shape index (κ3) is 5.86. The second kappa shape index (κ2) is 9.49. The summed E-state index contributed by atoms with van der Waals surface area (Å²) in [7, 11) is 0. The molecule has 0 aliphatic heterocycles. The number of nitro benzene ring substituents is 1. The number of nitrogens with one attached hydrogen (secondary N) is 2. The van der Waals surface area contributed by atoms with E-state index in [-0.39, 0.29) is 11.3 Å². The van der Waals surface area contributed by atoms with Gasteiger partial charge in [-0.2, -0.15) is 0 Å². The van der Waals surface area contributed by atoms with Crippen LogP contribution in [0.5, 0.6) is 11.5 Å². The van der Waals surface area contributed by atoms with Gasteiger partial charge in [-0.05, 0) is 49.4 Å². The summed E-state index contributed by atoms with van der Waals surface area (Å²) in [6.45, 7) is 1.49. The van der Waals surface area contributed by atoms with E-state index in [2.05, 4.69) is 10.6 Å². The highest BCUT2D eigenvalue weighted by Gasteiger charge is 2.18. The molecule has 3 aromatic carbocycles. The zero-order chi connectivity index (χ0) is 22.4. The van der Waals surface area contributed by atoms with Crippen molar-refractivity contribution in [2.24, 2.45) is 0 Å². The number of amides is 2. The first kappa shape index (κ1) is 21.4. The maximum Gasteiger partial charge on any atom is 0.270 e. The molecule has 9 heteroatoms. The molecule has 0 aliphatic rings. The van der Waals surface area contributed by atoms with Crippen molar-refractivity contribution in [2.45, 2.75) is 13.0 Å². The molecule has 0 heterocycles. The highest BCUT2D eigenvalue weighted by atomic mass is 19.1. The van der Waals surface area contributed by atoms with Crippen molar-refractivity contribution >= 4 is 23.2 Å². The molecular weight excluding hydrogens is 405 g/mol. The average Bonchev–Trinajstić information content (AvgIpc) is 2.75. The van der Waals surface area contributed by atoms with E-state index < -0.39 is 28.6 Å². The van der Waals surface area contributed by atoms with Gasteiger partial charge in [0.1, 0.15) is 23.4 Å². The molecule has 0 aromatic heterocycles. The molecule has 1 unspecified atom stereocenters. The molecule has 8 nitrogen and oxygen atoms in total. The number of rotatable bonds is 7. The number of nitrogens with zero attached hydrogens (tertiary/aromatic N) is 1. The minimum absolute atomic E-state index is 0.0766. The SMILES string of the molecule is CC(NC(=O)c1cccc([N+](=O)[O-])c1)C(=O)Nc1ccc(Oc2cccc(F)c2)cc1. The van der Waals surface area contributed by atoms with Crippen LogP contribution in [-0.4, -0.2) is 22.8 Å². The van der Waals surface area contributed by atoms with Crippen LogP contribution >= 0.6 is 0 Å². The van der Waals surface area contributed by atoms with Gasteiger partial charge >= 0.3 is 0 Å². The van der Waals surface area contributed by atoms with E-state index in [0.29, 0.717) is 17.2 Å². The van der Waals surface area contributed by atoms with Gasteiger partial charge in [0.05, 0.1) is 4.92 Å². The van der Waals surface area contributed by atoms with E-state index >= 15 is 0 Å². The number of halogens is 1. The van der Waals surface area contributed by atoms with Crippen molar-refractivity contribution in [3.05, 3.63) is 94.3 Å². The summed E-state index contributed by atoms with van der Waals surface area (Å²) >= 11 is 0. The van der Waals surface area contributed by atoms with Crippen LogP contribution in [0, 0.1) is 15.9 Å². The van der Waals surface area contributed by atoms with Gasteiger partial charge in [-0.25, -0.2) is 4.39 Å². The van der Waals surface area contributed by atoms with Crippen molar-refractivity contribution in [3.63, 3.8) is 0 Å². The Balaban J connectivity index is 1.57. The number of nitro groups is 1. The van der Waals surface area contributed by atoms with Gasteiger partial charge in [0.2, 0.25) is 5.91 Å². The van der Waals surface area contributed by atoms with Crippen molar-refractivity contribution in [1.29, 1.82) is 0 Å². The fraction of sp³-hybridized carbons (Fsp3) is 0.0909. The maximum atomic E-state index is 13.2. The average molecular weight is 423 g/mol. The standard InChI is InChI=1S/C22H18FN3O5/c1-14(24-22(28)15-4-2-6-18(12-15)26(29)30)21(27)25-17-8-10-19(11-9-17)31-20-7-3-5-16(23)13-20/h2-14H,1H3,(H,24,28)(H,25,27).